The Balaban J connectivity index is 2.47. The van der Waals surface area contributed by atoms with Gasteiger partial charge in [0.2, 0.25) is 0 Å². The van der Waals surface area contributed by atoms with E-state index in [9.17, 15) is 9.90 Å². The molecule has 0 aliphatic rings. The first-order chi connectivity index (χ1) is 7.90. The summed E-state index contributed by atoms with van der Waals surface area (Å²) in [7, 11) is 1.70. The van der Waals surface area contributed by atoms with Crippen molar-refractivity contribution in [2.45, 2.75) is 26.4 Å². The highest BCUT2D eigenvalue weighted by Crippen LogP contribution is 2.08. The number of hydrogen-bond acceptors (Lipinski definition) is 4. The summed E-state index contributed by atoms with van der Waals surface area (Å²) in [6.07, 6.45) is 1.68. The van der Waals surface area contributed by atoms with Gasteiger partial charge >= 0.3 is 0 Å². The van der Waals surface area contributed by atoms with Gasteiger partial charge in [-0.3, -0.25) is 9.48 Å². The molecule has 6 nitrogen and oxygen atoms in total. The van der Waals surface area contributed by atoms with Crippen molar-refractivity contribution >= 4 is 11.6 Å². The Kier molecular flexibility index (Phi) is 4.51. The van der Waals surface area contributed by atoms with Crippen molar-refractivity contribution in [2.24, 2.45) is 13.0 Å². The molecule has 1 rings (SSSR count). The molecule has 1 aromatic rings. The number of hydrogen-bond donors (Lipinski definition) is 3. The lowest BCUT2D eigenvalue weighted by molar-refractivity contribution is 0.0895. The Labute approximate surface area is 101 Å². The Morgan fingerprint density at radius 1 is 1.65 bits per heavy atom. The first-order valence-corrected chi connectivity index (χ1v) is 5.65. The van der Waals surface area contributed by atoms with Gasteiger partial charge in [0.15, 0.2) is 5.69 Å². The van der Waals surface area contributed by atoms with Gasteiger partial charge in [0.25, 0.3) is 5.91 Å². The lowest BCUT2D eigenvalue weighted by Crippen LogP contribution is -2.33. The molecule has 96 valence electrons. The van der Waals surface area contributed by atoms with Crippen LogP contribution in [-0.4, -0.2) is 33.4 Å². The zero-order valence-corrected chi connectivity index (χ0v) is 10.5. The van der Waals surface area contributed by atoms with Crippen molar-refractivity contribution in [3.05, 3.63) is 11.9 Å². The van der Waals surface area contributed by atoms with Crippen LogP contribution >= 0.6 is 0 Å². The molecule has 0 aromatic carbocycles. The topological polar surface area (TPSA) is 93.2 Å². The fraction of sp³-hybridized carbons (Fsp3) is 0.636. The third kappa shape index (κ3) is 4.07. The largest absolute Gasteiger partial charge is 0.396 e. The molecule has 1 heterocycles. The lowest BCUT2D eigenvalue weighted by atomic mass is 10.1. The fourth-order valence-electron chi connectivity index (χ4n) is 1.60. The van der Waals surface area contributed by atoms with Gasteiger partial charge < -0.3 is 16.2 Å². The SMILES string of the molecule is CC(C)CC(O)CNC(=O)c1nn(C)cc1N. The van der Waals surface area contributed by atoms with Crippen molar-refractivity contribution < 1.29 is 9.90 Å². The molecule has 1 aromatic heterocycles. The van der Waals surface area contributed by atoms with Crippen LogP contribution < -0.4 is 11.1 Å². The molecule has 0 spiro atoms. The minimum atomic E-state index is -0.538. The van der Waals surface area contributed by atoms with Gasteiger partial charge in [0, 0.05) is 19.8 Å². The molecule has 0 aliphatic heterocycles. The van der Waals surface area contributed by atoms with Crippen LogP contribution in [0.2, 0.25) is 0 Å². The molecule has 0 fully saturated rings. The summed E-state index contributed by atoms with van der Waals surface area (Å²) in [5.74, 6) is 0.0349. The second kappa shape index (κ2) is 5.67. The summed E-state index contributed by atoms with van der Waals surface area (Å²) in [4.78, 5) is 11.7. The summed E-state index contributed by atoms with van der Waals surface area (Å²) in [6.45, 7) is 4.25. The quantitative estimate of drug-likeness (QED) is 0.682. The number of aryl methyl sites for hydroxylation is 1. The van der Waals surface area contributed by atoms with Gasteiger partial charge in [-0.15, -0.1) is 0 Å². The van der Waals surface area contributed by atoms with Gasteiger partial charge in [-0.25, -0.2) is 0 Å². The Bertz CT molecular complexity index is 387. The number of nitrogens with two attached hydrogens (primary N) is 1. The normalized spacial score (nSPS) is 12.8. The highest BCUT2D eigenvalue weighted by molar-refractivity contribution is 5.96. The minimum Gasteiger partial charge on any atom is -0.396 e. The van der Waals surface area contributed by atoms with Crippen LogP contribution in [0.25, 0.3) is 0 Å². The van der Waals surface area contributed by atoms with E-state index in [4.69, 9.17) is 5.73 Å². The van der Waals surface area contributed by atoms with E-state index < -0.39 is 6.10 Å². The molecule has 0 radical (unpaired) electrons. The van der Waals surface area contributed by atoms with Crippen LogP contribution in [0.3, 0.4) is 0 Å². The van der Waals surface area contributed by atoms with Crippen molar-refractivity contribution in [3.8, 4) is 0 Å². The molecule has 1 atom stereocenters. The average Bonchev–Trinajstić information content (AvgIpc) is 2.53. The van der Waals surface area contributed by atoms with Crippen LogP contribution in [0, 0.1) is 5.92 Å². The predicted molar refractivity (Wildman–Crippen MR) is 65.4 cm³/mol. The Hall–Kier alpha value is -1.56. The molecule has 17 heavy (non-hydrogen) atoms. The van der Waals surface area contributed by atoms with E-state index in [1.165, 1.54) is 4.68 Å². The number of aliphatic hydroxyl groups excluding tert-OH is 1. The number of aliphatic hydroxyl groups is 1. The van der Waals surface area contributed by atoms with Crippen LogP contribution in [0.4, 0.5) is 5.69 Å². The van der Waals surface area contributed by atoms with Gasteiger partial charge in [-0.05, 0) is 12.3 Å². The average molecular weight is 240 g/mol. The zero-order chi connectivity index (χ0) is 13.0. The Morgan fingerprint density at radius 3 is 2.76 bits per heavy atom. The van der Waals surface area contributed by atoms with Gasteiger partial charge in [0.1, 0.15) is 0 Å². The second-order valence-corrected chi connectivity index (χ2v) is 4.60. The molecule has 0 aliphatic carbocycles. The molecule has 0 bridgehead atoms. The molecular weight excluding hydrogens is 220 g/mol. The highest BCUT2D eigenvalue weighted by Gasteiger charge is 2.15. The van der Waals surface area contributed by atoms with Gasteiger partial charge in [0.05, 0.1) is 11.8 Å². The minimum absolute atomic E-state index is 0.198. The zero-order valence-electron chi connectivity index (χ0n) is 10.5. The molecule has 0 saturated heterocycles. The Morgan fingerprint density at radius 2 is 2.29 bits per heavy atom. The smallest absolute Gasteiger partial charge is 0.274 e. The number of carbonyl (C=O) groups excluding carboxylic acids is 1. The predicted octanol–water partition coefficient (Wildman–Crippen LogP) is 0.139. The molecule has 1 unspecified atom stereocenters. The van der Waals surface area contributed by atoms with E-state index in [0.29, 0.717) is 18.0 Å². The summed E-state index contributed by atoms with van der Waals surface area (Å²) in [5.41, 5.74) is 6.16. The van der Waals surface area contributed by atoms with Crippen LogP contribution in [0.1, 0.15) is 30.8 Å². The number of nitrogens with one attached hydrogen (secondary N) is 1. The monoisotopic (exact) mass is 240 g/mol. The molecule has 4 N–H and O–H groups in total. The number of anilines is 1. The first kappa shape index (κ1) is 13.5. The van der Waals surface area contributed by atoms with E-state index in [1.54, 1.807) is 13.2 Å². The van der Waals surface area contributed by atoms with Crippen molar-refractivity contribution in [1.82, 2.24) is 15.1 Å². The molecule has 1 amide bonds. The molecule has 0 saturated carbocycles. The summed E-state index contributed by atoms with van der Waals surface area (Å²) in [5, 5.41) is 16.2. The lowest BCUT2D eigenvalue weighted by Gasteiger charge is -2.13. The third-order valence-corrected chi connectivity index (χ3v) is 2.31. The van der Waals surface area contributed by atoms with E-state index in [1.807, 2.05) is 13.8 Å². The van der Waals surface area contributed by atoms with E-state index in [0.717, 1.165) is 0 Å². The van der Waals surface area contributed by atoms with E-state index >= 15 is 0 Å². The maximum Gasteiger partial charge on any atom is 0.274 e. The second-order valence-electron chi connectivity index (χ2n) is 4.60. The number of nitrogens with zero attached hydrogens (tertiary/aromatic N) is 2. The number of carbonyl (C=O) groups is 1. The fourth-order valence-corrected chi connectivity index (χ4v) is 1.60. The summed E-state index contributed by atoms with van der Waals surface area (Å²) < 4.78 is 1.48. The van der Waals surface area contributed by atoms with Crippen LogP contribution in [0.15, 0.2) is 6.20 Å². The third-order valence-electron chi connectivity index (χ3n) is 2.31. The first-order valence-electron chi connectivity index (χ1n) is 5.65. The highest BCUT2D eigenvalue weighted by atomic mass is 16.3. The number of nitrogen functional groups attached to an aromatic ring is 1. The van der Waals surface area contributed by atoms with Crippen LogP contribution in [-0.2, 0) is 7.05 Å². The van der Waals surface area contributed by atoms with Gasteiger partial charge in [-0.1, -0.05) is 13.8 Å². The van der Waals surface area contributed by atoms with Crippen molar-refractivity contribution in [3.63, 3.8) is 0 Å². The van der Waals surface area contributed by atoms with Crippen molar-refractivity contribution in [1.29, 1.82) is 0 Å². The molecule has 6 heteroatoms. The van der Waals surface area contributed by atoms with E-state index in [2.05, 4.69) is 10.4 Å². The van der Waals surface area contributed by atoms with Crippen molar-refractivity contribution in [2.75, 3.05) is 12.3 Å². The van der Waals surface area contributed by atoms with Gasteiger partial charge in [-0.2, -0.15) is 5.10 Å². The van der Waals surface area contributed by atoms with Crippen LogP contribution in [0.5, 0.6) is 0 Å². The standard InChI is InChI=1S/C11H20N4O2/c1-7(2)4-8(16)5-13-11(17)10-9(12)6-15(3)14-10/h6-8,16H,4-5,12H2,1-3H3,(H,13,17). The maximum atomic E-state index is 11.7. The van der Waals surface area contributed by atoms with E-state index in [-0.39, 0.29) is 18.1 Å². The number of rotatable bonds is 5. The number of aromatic nitrogens is 2. The molecular formula is C11H20N4O2. The number of amides is 1. The maximum absolute atomic E-state index is 11.7. The summed E-state index contributed by atoms with van der Waals surface area (Å²) >= 11 is 0. The summed E-state index contributed by atoms with van der Waals surface area (Å²) in [6, 6.07) is 0.